The van der Waals surface area contributed by atoms with Gasteiger partial charge in [0.25, 0.3) is 0 Å². The van der Waals surface area contributed by atoms with Crippen molar-refractivity contribution in [3.8, 4) is 0 Å². The normalized spacial score (nSPS) is 11.5. The van der Waals surface area contributed by atoms with E-state index in [1.165, 1.54) is 0 Å². The lowest BCUT2D eigenvalue weighted by Gasteiger charge is -2.24. The number of aryl methyl sites for hydroxylation is 1. The fraction of sp³-hybridized carbons (Fsp3) is 0.462. The molecule has 1 unspecified atom stereocenters. The van der Waals surface area contributed by atoms with Gasteiger partial charge >= 0.3 is 0 Å². The van der Waals surface area contributed by atoms with Crippen LogP contribution in [-0.2, 0) is 4.79 Å². The average molecular weight is 257 g/mol. The Bertz CT molecular complexity index is 368. The highest BCUT2D eigenvalue weighted by molar-refractivity contribution is 5.94. The lowest BCUT2D eigenvalue weighted by molar-refractivity contribution is -0.121. The fourth-order valence-corrected chi connectivity index (χ4v) is 1.63. The quantitative estimate of drug-likeness (QED) is 0.899. The molecule has 0 heterocycles. The van der Waals surface area contributed by atoms with Crippen LogP contribution in [0.2, 0.25) is 0 Å². The molecule has 0 aliphatic carbocycles. The Labute approximate surface area is 109 Å². The van der Waals surface area contributed by atoms with Crippen LogP contribution in [0.5, 0.6) is 0 Å². The lowest BCUT2D eigenvalue weighted by Crippen LogP contribution is -2.37. The zero-order valence-electron chi connectivity index (χ0n) is 10.6. The van der Waals surface area contributed by atoms with Crippen molar-refractivity contribution in [2.75, 3.05) is 18.0 Å². The summed E-state index contributed by atoms with van der Waals surface area (Å²) >= 11 is 0. The smallest absolute Gasteiger partial charge is 0.231 e. The van der Waals surface area contributed by atoms with Gasteiger partial charge in [0.15, 0.2) is 0 Å². The molecule has 0 bridgehead atoms. The molecule has 1 aromatic carbocycles. The van der Waals surface area contributed by atoms with Crippen molar-refractivity contribution in [3.63, 3.8) is 0 Å². The van der Waals surface area contributed by atoms with Gasteiger partial charge in [-0.25, -0.2) is 0 Å². The fourth-order valence-electron chi connectivity index (χ4n) is 1.63. The Balaban J connectivity index is 0.00000256. The second-order valence-electron chi connectivity index (χ2n) is 4.06. The summed E-state index contributed by atoms with van der Waals surface area (Å²) in [4.78, 5) is 13.8. The number of amides is 1. The van der Waals surface area contributed by atoms with Crippen molar-refractivity contribution in [3.05, 3.63) is 29.8 Å². The molecule has 1 rings (SSSR count). The van der Waals surface area contributed by atoms with E-state index in [9.17, 15) is 4.79 Å². The van der Waals surface area contributed by atoms with Crippen molar-refractivity contribution >= 4 is 24.0 Å². The van der Waals surface area contributed by atoms with Crippen molar-refractivity contribution in [1.82, 2.24) is 0 Å². The summed E-state index contributed by atoms with van der Waals surface area (Å²) in [5, 5.41) is 0. The van der Waals surface area contributed by atoms with Gasteiger partial charge in [-0.15, -0.1) is 12.4 Å². The molecule has 96 valence electrons. The maximum absolute atomic E-state index is 12.1. The highest BCUT2D eigenvalue weighted by Crippen LogP contribution is 2.17. The monoisotopic (exact) mass is 256 g/mol. The predicted octanol–water partition coefficient (Wildman–Crippen LogP) is 2.36. The maximum atomic E-state index is 12.1. The number of hydrogen-bond acceptors (Lipinski definition) is 2. The van der Waals surface area contributed by atoms with Crippen molar-refractivity contribution < 1.29 is 4.79 Å². The Morgan fingerprint density at radius 2 is 2.12 bits per heavy atom. The summed E-state index contributed by atoms with van der Waals surface area (Å²) in [6.07, 6.45) is 0. The summed E-state index contributed by atoms with van der Waals surface area (Å²) < 4.78 is 0. The van der Waals surface area contributed by atoms with E-state index in [4.69, 9.17) is 5.73 Å². The standard InChI is InChI=1S/C13H20N2O.ClH/c1-4-15(13(16)11(3)9-14)12-7-5-6-10(2)8-12;/h5-8,11H,4,9,14H2,1-3H3;1H. The van der Waals surface area contributed by atoms with Crippen molar-refractivity contribution in [1.29, 1.82) is 0 Å². The van der Waals surface area contributed by atoms with E-state index in [2.05, 4.69) is 0 Å². The van der Waals surface area contributed by atoms with Crippen LogP contribution in [0, 0.1) is 12.8 Å². The Kier molecular flexibility index (Phi) is 6.85. The molecule has 0 radical (unpaired) electrons. The van der Waals surface area contributed by atoms with Gasteiger partial charge in [-0.1, -0.05) is 19.1 Å². The number of carbonyl (C=O) groups excluding carboxylic acids is 1. The molecule has 0 saturated heterocycles. The van der Waals surface area contributed by atoms with E-state index in [1.807, 2.05) is 45.0 Å². The number of hydrogen-bond donors (Lipinski definition) is 1. The Morgan fingerprint density at radius 3 is 2.59 bits per heavy atom. The lowest BCUT2D eigenvalue weighted by atomic mass is 10.1. The van der Waals surface area contributed by atoms with E-state index in [0.717, 1.165) is 11.3 Å². The molecule has 2 N–H and O–H groups in total. The molecule has 0 aliphatic rings. The zero-order chi connectivity index (χ0) is 12.1. The molecule has 0 fully saturated rings. The zero-order valence-corrected chi connectivity index (χ0v) is 11.5. The van der Waals surface area contributed by atoms with Crippen LogP contribution in [0.3, 0.4) is 0 Å². The van der Waals surface area contributed by atoms with Crippen LogP contribution in [0.4, 0.5) is 5.69 Å². The number of nitrogens with two attached hydrogens (primary N) is 1. The average Bonchev–Trinajstić information content (AvgIpc) is 2.29. The number of benzene rings is 1. The highest BCUT2D eigenvalue weighted by atomic mass is 35.5. The van der Waals surface area contributed by atoms with Crippen LogP contribution in [0.25, 0.3) is 0 Å². The minimum atomic E-state index is -0.125. The number of rotatable bonds is 4. The summed E-state index contributed by atoms with van der Waals surface area (Å²) in [6.45, 7) is 6.92. The third-order valence-electron chi connectivity index (χ3n) is 2.67. The number of anilines is 1. The van der Waals surface area contributed by atoms with Gasteiger partial charge < -0.3 is 10.6 Å². The molecule has 1 aromatic rings. The van der Waals surface area contributed by atoms with Gasteiger partial charge in [0.2, 0.25) is 5.91 Å². The number of nitrogens with zero attached hydrogens (tertiary/aromatic N) is 1. The molecular weight excluding hydrogens is 236 g/mol. The van der Waals surface area contributed by atoms with Gasteiger partial charge in [0.1, 0.15) is 0 Å². The first-order valence-electron chi connectivity index (χ1n) is 5.68. The summed E-state index contributed by atoms with van der Waals surface area (Å²) in [5.41, 5.74) is 7.63. The molecular formula is C13H21ClN2O. The first kappa shape index (κ1) is 15.9. The second-order valence-corrected chi connectivity index (χ2v) is 4.06. The van der Waals surface area contributed by atoms with Crippen molar-refractivity contribution in [2.45, 2.75) is 20.8 Å². The number of halogens is 1. The summed E-state index contributed by atoms with van der Waals surface area (Å²) in [6, 6.07) is 7.96. The van der Waals surface area contributed by atoms with E-state index in [0.29, 0.717) is 13.1 Å². The second kappa shape index (κ2) is 7.30. The molecule has 3 nitrogen and oxygen atoms in total. The molecule has 0 saturated carbocycles. The Hall–Kier alpha value is -1.06. The summed E-state index contributed by atoms with van der Waals surface area (Å²) in [7, 11) is 0. The SMILES string of the molecule is CCN(C(=O)C(C)CN)c1cccc(C)c1.Cl. The molecule has 4 heteroatoms. The van der Waals surface area contributed by atoms with E-state index in [-0.39, 0.29) is 24.2 Å². The minimum Gasteiger partial charge on any atom is -0.330 e. The third kappa shape index (κ3) is 4.02. The molecule has 1 amide bonds. The molecule has 1 atom stereocenters. The summed E-state index contributed by atoms with van der Waals surface area (Å²) in [5.74, 6) is -0.0314. The highest BCUT2D eigenvalue weighted by Gasteiger charge is 2.19. The van der Waals surface area contributed by atoms with Crippen LogP contribution in [0.1, 0.15) is 19.4 Å². The predicted molar refractivity (Wildman–Crippen MR) is 74.7 cm³/mol. The van der Waals surface area contributed by atoms with Crippen LogP contribution in [0.15, 0.2) is 24.3 Å². The first-order valence-corrected chi connectivity index (χ1v) is 5.68. The molecule has 17 heavy (non-hydrogen) atoms. The topological polar surface area (TPSA) is 46.3 Å². The van der Waals surface area contributed by atoms with E-state index in [1.54, 1.807) is 4.90 Å². The van der Waals surface area contributed by atoms with Gasteiger partial charge in [0, 0.05) is 24.7 Å². The van der Waals surface area contributed by atoms with E-state index < -0.39 is 0 Å². The van der Waals surface area contributed by atoms with Crippen molar-refractivity contribution in [2.24, 2.45) is 11.7 Å². The van der Waals surface area contributed by atoms with Gasteiger partial charge in [-0.3, -0.25) is 4.79 Å². The van der Waals surface area contributed by atoms with Gasteiger partial charge in [0.05, 0.1) is 0 Å². The maximum Gasteiger partial charge on any atom is 0.231 e. The molecule has 0 spiro atoms. The minimum absolute atomic E-state index is 0. The van der Waals surface area contributed by atoms with Crippen LogP contribution < -0.4 is 10.6 Å². The van der Waals surface area contributed by atoms with Gasteiger partial charge in [-0.05, 0) is 31.5 Å². The first-order chi connectivity index (χ1) is 7.60. The molecule has 0 aromatic heterocycles. The van der Waals surface area contributed by atoms with Gasteiger partial charge in [-0.2, -0.15) is 0 Å². The third-order valence-corrected chi connectivity index (χ3v) is 2.67. The molecule has 0 aliphatic heterocycles. The van der Waals surface area contributed by atoms with E-state index >= 15 is 0 Å². The van der Waals surface area contributed by atoms with Crippen LogP contribution >= 0.6 is 12.4 Å². The number of carbonyl (C=O) groups is 1. The van der Waals surface area contributed by atoms with Crippen LogP contribution in [-0.4, -0.2) is 19.0 Å². The largest absolute Gasteiger partial charge is 0.330 e. The Morgan fingerprint density at radius 1 is 1.47 bits per heavy atom.